The minimum absolute atomic E-state index is 0.172. The van der Waals surface area contributed by atoms with Crippen molar-refractivity contribution in [3.8, 4) is 5.75 Å². The Morgan fingerprint density at radius 2 is 2.00 bits per heavy atom. The molecule has 21 heavy (non-hydrogen) atoms. The molecule has 0 saturated carbocycles. The Morgan fingerprint density at radius 1 is 1.19 bits per heavy atom. The highest BCUT2D eigenvalue weighted by molar-refractivity contribution is 5.30. The second-order valence-electron chi connectivity index (χ2n) is 5.27. The van der Waals surface area contributed by atoms with Gasteiger partial charge >= 0.3 is 0 Å². The van der Waals surface area contributed by atoms with Gasteiger partial charge in [0.25, 0.3) is 0 Å². The number of hydrogen-bond acceptors (Lipinski definition) is 2. The van der Waals surface area contributed by atoms with Crippen LogP contribution in [0.4, 0.5) is 4.39 Å². The van der Waals surface area contributed by atoms with Gasteiger partial charge in [-0.2, -0.15) is 0 Å². The van der Waals surface area contributed by atoms with Crippen LogP contribution >= 0.6 is 0 Å². The third-order valence-corrected chi connectivity index (χ3v) is 3.74. The smallest absolute Gasteiger partial charge is 0.123 e. The summed E-state index contributed by atoms with van der Waals surface area (Å²) in [7, 11) is 1.68. The van der Waals surface area contributed by atoms with E-state index in [2.05, 4.69) is 18.3 Å². The van der Waals surface area contributed by atoms with E-state index in [1.165, 1.54) is 17.2 Å². The third kappa shape index (κ3) is 4.30. The summed E-state index contributed by atoms with van der Waals surface area (Å²) in [4.78, 5) is 0. The van der Waals surface area contributed by atoms with Crippen molar-refractivity contribution in [2.24, 2.45) is 0 Å². The Labute approximate surface area is 126 Å². The van der Waals surface area contributed by atoms with E-state index >= 15 is 0 Å². The number of benzene rings is 2. The van der Waals surface area contributed by atoms with Gasteiger partial charge in [0.1, 0.15) is 11.6 Å². The van der Waals surface area contributed by atoms with Crippen LogP contribution in [0.2, 0.25) is 0 Å². The Bertz CT molecular complexity index is 598. The summed E-state index contributed by atoms with van der Waals surface area (Å²) >= 11 is 0. The third-order valence-electron chi connectivity index (χ3n) is 3.74. The highest BCUT2D eigenvalue weighted by atomic mass is 19.1. The average Bonchev–Trinajstić information content (AvgIpc) is 2.49. The second kappa shape index (κ2) is 7.23. The molecule has 0 aromatic heterocycles. The Morgan fingerprint density at radius 3 is 2.71 bits per heavy atom. The zero-order valence-electron chi connectivity index (χ0n) is 12.8. The van der Waals surface area contributed by atoms with E-state index in [0.29, 0.717) is 0 Å². The van der Waals surface area contributed by atoms with Crippen LogP contribution in [-0.2, 0) is 6.42 Å². The molecule has 2 aromatic rings. The molecule has 0 aliphatic heterocycles. The molecule has 112 valence electrons. The second-order valence-corrected chi connectivity index (χ2v) is 5.27. The van der Waals surface area contributed by atoms with Gasteiger partial charge in [0.05, 0.1) is 7.11 Å². The van der Waals surface area contributed by atoms with Crippen molar-refractivity contribution in [1.29, 1.82) is 0 Å². The van der Waals surface area contributed by atoms with E-state index in [1.54, 1.807) is 13.2 Å². The first-order valence-electron chi connectivity index (χ1n) is 7.22. The highest BCUT2D eigenvalue weighted by Gasteiger charge is 2.06. The van der Waals surface area contributed by atoms with Crippen molar-refractivity contribution in [3.05, 3.63) is 65.0 Å². The molecular weight excluding hydrogens is 265 g/mol. The molecule has 2 rings (SSSR count). The minimum Gasteiger partial charge on any atom is -0.497 e. The zero-order chi connectivity index (χ0) is 15.2. The van der Waals surface area contributed by atoms with E-state index in [1.807, 2.05) is 31.2 Å². The SMILES string of the molecule is COc1cccc(C(C)NCCc2ccc(F)cc2C)c1. The van der Waals surface area contributed by atoms with Crippen LogP contribution in [0, 0.1) is 12.7 Å². The summed E-state index contributed by atoms with van der Waals surface area (Å²) in [6.45, 7) is 4.93. The van der Waals surface area contributed by atoms with Crippen LogP contribution in [-0.4, -0.2) is 13.7 Å². The molecule has 3 heteroatoms. The van der Waals surface area contributed by atoms with Crippen molar-refractivity contribution in [3.63, 3.8) is 0 Å². The largest absolute Gasteiger partial charge is 0.497 e. The maximum Gasteiger partial charge on any atom is 0.123 e. The molecule has 1 atom stereocenters. The van der Waals surface area contributed by atoms with Crippen LogP contribution in [0.1, 0.15) is 29.7 Å². The van der Waals surface area contributed by atoms with Crippen LogP contribution in [0.5, 0.6) is 5.75 Å². The predicted octanol–water partition coefficient (Wildman–Crippen LogP) is 4.04. The molecule has 1 unspecified atom stereocenters. The van der Waals surface area contributed by atoms with Crippen molar-refractivity contribution in [2.45, 2.75) is 26.3 Å². The van der Waals surface area contributed by atoms with Gasteiger partial charge in [-0.25, -0.2) is 4.39 Å². The lowest BCUT2D eigenvalue weighted by molar-refractivity contribution is 0.413. The zero-order valence-corrected chi connectivity index (χ0v) is 12.8. The molecule has 2 aromatic carbocycles. The van der Waals surface area contributed by atoms with Gasteiger partial charge in [-0.1, -0.05) is 18.2 Å². The molecule has 0 heterocycles. The van der Waals surface area contributed by atoms with Gasteiger partial charge in [0, 0.05) is 6.04 Å². The van der Waals surface area contributed by atoms with Crippen LogP contribution < -0.4 is 10.1 Å². The number of aryl methyl sites for hydroxylation is 1. The van der Waals surface area contributed by atoms with Crippen molar-refractivity contribution < 1.29 is 9.13 Å². The number of halogens is 1. The van der Waals surface area contributed by atoms with Crippen LogP contribution in [0.15, 0.2) is 42.5 Å². The number of hydrogen-bond donors (Lipinski definition) is 1. The summed E-state index contributed by atoms with van der Waals surface area (Å²) in [5.74, 6) is 0.699. The summed E-state index contributed by atoms with van der Waals surface area (Å²) in [6.07, 6.45) is 0.889. The topological polar surface area (TPSA) is 21.3 Å². The first kappa shape index (κ1) is 15.5. The molecule has 0 amide bonds. The summed E-state index contributed by atoms with van der Waals surface area (Å²) in [5.41, 5.74) is 3.39. The normalized spacial score (nSPS) is 12.2. The average molecular weight is 287 g/mol. The van der Waals surface area contributed by atoms with Crippen molar-refractivity contribution in [2.75, 3.05) is 13.7 Å². The van der Waals surface area contributed by atoms with E-state index < -0.39 is 0 Å². The van der Waals surface area contributed by atoms with Gasteiger partial charge in [-0.15, -0.1) is 0 Å². The molecule has 0 bridgehead atoms. The van der Waals surface area contributed by atoms with E-state index in [0.717, 1.165) is 24.3 Å². The summed E-state index contributed by atoms with van der Waals surface area (Å²) in [6, 6.07) is 13.3. The highest BCUT2D eigenvalue weighted by Crippen LogP contribution is 2.19. The fraction of sp³-hybridized carbons (Fsp3) is 0.333. The van der Waals surface area contributed by atoms with Crippen LogP contribution in [0.25, 0.3) is 0 Å². The lowest BCUT2D eigenvalue weighted by atomic mass is 10.0. The molecule has 0 spiro atoms. The molecule has 0 aliphatic carbocycles. The molecular formula is C18H22FNO. The van der Waals surface area contributed by atoms with Gasteiger partial charge < -0.3 is 10.1 Å². The van der Waals surface area contributed by atoms with Crippen LogP contribution in [0.3, 0.4) is 0 Å². The quantitative estimate of drug-likeness (QED) is 0.866. The molecule has 0 fully saturated rings. The van der Waals surface area contributed by atoms with Crippen molar-refractivity contribution in [1.82, 2.24) is 5.32 Å². The maximum atomic E-state index is 13.1. The fourth-order valence-electron chi connectivity index (χ4n) is 2.39. The van der Waals surface area contributed by atoms with E-state index in [-0.39, 0.29) is 11.9 Å². The minimum atomic E-state index is -0.172. The van der Waals surface area contributed by atoms with Gasteiger partial charge in [-0.3, -0.25) is 0 Å². The molecule has 0 saturated heterocycles. The Kier molecular flexibility index (Phi) is 5.34. The number of ether oxygens (including phenoxy) is 1. The standard InChI is InChI=1S/C18H22FNO/c1-13-11-17(19)8-7-15(13)9-10-20-14(2)16-5-4-6-18(12-16)21-3/h4-8,11-12,14,20H,9-10H2,1-3H3. The van der Waals surface area contributed by atoms with E-state index in [9.17, 15) is 4.39 Å². The number of nitrogens with one attached hydrogen (secondary N) is 1. The number of methoxy groups -OCH3 is 1. The fourth-order valence-corrected chi connectivity index (χ4v) is 2.39. The monoisotopic (exact) mass is 287 g/mol. The van der Waals surface area contributed by atoms with Gasteiger partial charge in [0.2, 0.25) is 0 Å². The van der Waals surface area contributed by atoms with E-state index in [4.69, 9.17) is 4.74 Å². The first-order valence-corrected chi connectivity index (χ1v) is 7.22. The first-order chi connectivity index (χ1) is 10.1. The van der Waals surface area contributed by atoms with Gasteiger partial charge in [0.15, 0.2) is 0 Å². The summed E-state index contributed by atoms with van der Waals surface area (Å²) < 4.78 is 18.3. The Hall–Kier alpha value is -1.87. The summed E-state index contributed by atoms with van der Waals surface area (Å²) in [5, 5.41) is 3.49. The lowest BCUT2D eigenvalue weighted by Gasteiger charge is -2.15. The molecule has 0 aliphatic rings. The number of rotatable bonds is 6. The van der Waals surface area contributed by atoms with Gasteiger partial charge in [-0.05, 0) is 67.8 Å². The molecule has 0 radical (unpaired) electrons. The van der Waals surface area contributed by atoms with Crippen molar-refractivity contribution >= 4 is 0 Å². The lowest BCUT2D eigenvalue weighted by Crippen LogP contribution is -2.21. The predicted molar refractivity (Wildman–Crippen MR) is 84.3 cm³/mol. The Balaban J connectivity index is 1.90. The maximum absolute atomic E-state index is 13.1. The molecule has 2 nitrogen and oxygen atoms in total. The molecule has 1 N–H and O–H groups in total.